The summed E-state index contributed by atoms with van der Waals surface area (Å²) >= 11 is 1.43. The molecule has 3 heterocycles. The molecule has 0 spiro atoms. The van der Waals surface area contributed by atoms with Crippen molar-refractivity contribution in [2.24, 2.45) is 7.05 Å². The van der Waals surface area contributed by atoms with E-state index in [1.54, 1.807) is 35.4 Å². The summed E-state index contributed by atoms with van der Waals surface area (Å²) in [6, 6.07) is 9.08. The van der Waals surface area contributed by atoms with Gasteiger partial charge in [-0.2, -0.15) is 5.10 Å². The molecule has 118 valence electrons. The van der Waals surface area contributed by atoms with Crippen LogP contribution in [0.2, 0.25) is 0 Å². The highest BCUT2D eigenvalue weighted by molar-refractivity contribution is 7.22. The Hall–Kier alpha value is -3.06. The first-order chi connectivity index (χ1) is 11.7. The van der Waals surface area contributed by atoms with Crippen molar-refractivity contribution in [3.8, 4) is 11.1 Å². The number of nitrogens with zero attached hydrogens (tertiary/aromatic N) is 4. The third kappa shape index (κ3) is 2.65. The van der Waals surface area contributed by atoms with Crippen molar-refractivity contribution in [3.05, 3.63) is 60.7 Å². The van der Waals surface area contributed by atoms with E-state index in [4.69, 9.17) is 0 Å². The monoisotopic (exact) mass is 335 g/mol. The summed E-state index contributed by atoms with van der Waals surface area (Å²) in [6.07, 6.45) is 7.21. The average Bonchev–Trinajstić information content (AvgIpc) is 3.21. The summed E-state index contributed by atoms with van der Waals surface area (Å²) in [7, 11) is 1.87. The highest BCUT2D eigenvalue weighted by Gasteiger charge is 2.13. The SMILES string of the molecule is Cn1cc(-c2cncc3nc(NC(=O)c4ccccc4)sc23)cn1. The number of benzene rings is 1. The van der Waals surface area contributed by atoms with Gasteiger partial charge in [0.15, 0.2) is 5.13 Å². The number of fused-ring (bicyclic) bond motifs is 1. The number of carbonyl (C=O) groups is 1. The van der Waals surface area contributed by atoms with Crippen LogP contribution in [0.4, 0.5) is 5.13 Å². The molecule has 0 radical (unpaired) electrons. The molecule has 3 aromatic heterocycles. The molecule has 1 amide bonds. The van der Waals surface area contributed by atoms with Gasteiger partial charge in [-0.25, -0.2) is 4.98 Å². The predicted octanol–water partition coefficient (Wildman–Crippen LogP) is 3.34. The number of thiazole rings is 1. The molecule has 7 heteroatoms. The van der Waals surface area contributed by atoms with Crippen LogP contribution in [0.15, 0.2) is 55.1 Å². The molecule has 0 aliphatic carbocycles. The molecular formula is C17H13N5OS. The number of carbonyl (C=O) groups excluding carboxylic acids is 1. The fourth-order valence-electron chi connectivity index (χ4n) is 2.43. The Kier molecular flexibility index (Phi) is 3.55. The average molecular weight is 335 g/mol. The number of aryl methyl sites for hydroxylation is 1. The molecule has 0 saturated heterocycles. The number of rotatable bonds is 3. The molecule has 0 fully saturated rings. The number of aromatic nitrogens is 4. The van der Waals surface area contributed by atoms with Gasteiger partial charge >= 0.3 is 0 Å². The van der Waals surface area contributed by atoms with Crippen LogP contribution in [-0.2, 0) is 7.05 Å². The topological polar surface area (TPSA) is 72.7 Å². The van der Waals surface area contributed by atoms with Crippen molar-refractivity contribution in [3.63, 3.8) is 0 Å². The molecular weight excluding hydrogens is 322 g/mol. The predicted molar refractivity (Wildman–Crippen MR) is 94.0 cm³/mol. The zero-order chi connectivity index (χ0) is 16.5. The van der Waals surface area contributed by atoms with Crippen LogP contribution < -0.4 is 5.32 Å². The van der Waals surface area contributed by atoms with E-state index in [-0.39, 0.29) is 5.91 Å². The molecule has 0 saturated carbocycles. The normalized spacial score (nSPS) is 10.9. The number of pyridine rings is 1. The molecule has 0 aliphatic rings. The first kappa shape index (κ1) is 14.5. The zero-order valence-corrected chi connectivity index (χ0v) is 13.6. The van der Waals surface area contributed by atoms with Crippen molar-refractivity contribution in [2.75, 3.05) is 5.32 Å². The summed E-state index contributed by atoms with van der Waals surface area (Å²) in [6.45, 7) is 0. The molecule has 24 heavy (non-hydrogen) atoms. The largest absolute Gasteiger partial charge is 0.298 e. The highest BCUT2D eigenvalue weighted by Crippen LogP contribution is 2.34. The van der Waals surface area contributed by atoms with E-state index in [0.717, 1.165) is 21.3 Å². The van der Waals surface area contributed by atoms with Gasteiger partial charge in [-0.15, -0.1) is 0 Å². The minimum absolute atomic E-state index is 0.175. The Morgan fingerprint density at radius 2 is 2.00 bits per heavy atom. The van der Waals surface area contributed by atoms with Crippen molar-refractivity contribution >= 4 is 32.6 Å². The molecule has 0 atom stereocenters. The van der Waals surface area contributed by atoms with Gasteiger partial charge in [0.05, 0.1) is 17.1 Å². The third-order valence-corrected chi connectivity index (χ3v) is 4.59. The molecule has 6 nitrogen and oxygen atoms in total. The first-order valence-corrected chi connectivity index (χ1v) is 8.12. The molecule has 4 rings (SSSR count). The van der Waals surface area contributed by atoms with E-state index >= 15 is 0 Å². The quantitative estimate of drug-likeness (QED) is 0.623. The van der Waals surface area contributed by atoms with E-state index in [1.165, 1.54) is 11.3 Å². The fraction of sp³-hybridized carbons (Fsp3) is 0.0588. The van der Waals surface area contributed by atoms with Gasteiger partial charge in [-0.05, 0) is 12.1 Å². The van der Waals surface area contributed by atoms with Crippen LogP contribution in [-0.4, -0.2) is 25.7 Å². The van der Waals surface area contributed by atoms with Crippen LogP contribution in [0.3, 0.4) is 0 Å². The Labute approximate surface area is 141 Å². The summed E-state index contributed by atoms with van der Waals surface area (Å²) < 4.78 is 2.72. The van der Waals surface area contributed by atoms with Crippen molar-refractivity contribution < 1.29 is 4.79 Å². The van der Waals surface area contributed by atoms with Crippen LogP contribution in [0, 0.1) is 0 Å². The number of hydrogen-bond donors (Lipinski definition) is 1. The molecule has 0 bridgehead atoms. The Balaban J connectivity index is 1.70. The van der Waals surface area contributed by atoms with E-state index in [0.29, 0.717) is 10.7 Å². The lowest BCUT2D eigenvalue weighted by atomic mass is 10.1. The minimum atomic E-state index is -0.175. The number of hydrogen-bond acceptors (Lipinski definition) is 5. The van der Waals surface area contributed by atoms with Crippen LogP contribution >= 0.6 is 11.3 Å². The molecule has 0 aliphatic heterocycles. The van der Waals surface area contributed by atoms with Crippen LogP contribution in [0.25, 0.3) is 21.3 Å². The van der Waals surface area contributed by atoms with Gasteiger partial charge in [0.1, 0.15) is 5.52 Å². The van der Waals surface area contributed by atoms with Crippen molar-refractivity contribution in [1.29, 1.82) is 0 Å². The van der Waals surface area contributed by atoms with E-state index < -0.39 is 0 Å². The van der Waals surface area contributed by atoms with Crippen LogP contribution in [0.5, 0.6) is 0 Å². The second-order valence-electron chi connectivity index (χ2n) is 5.28. The summed E-state index contributed by atoms with van der Waals surface area (Å²) in [5, 5.41) is 7.60. The number of amides is 1. The van der Waals surface area contributed by atoms with E-state index in [1.807, 2.05) is 31.4 Å². The summed E-state index contributed by atoms with van der Waals surface area (Å²) in [5.41, 5.74) is 3.28. The Morgan fingerprint density at radius 1 is 1.17 bits per heavy atom. The van der Waals surface area contributed by atoms with Gasteiger partial charge < -0.3 is 0 Å². The zero-order valence-electron chi connectivity index (χ0n) is 12.8. The second kappa shape index (κ2) is 5.86. The molecule has 1 N–H and O–H groups in total. The smallest absolute Gasteiger partial charge is 0.257 e. The lowest BCUT2D eigenvalue weighted by Gasteiger charge is -2.00. The maximum Gasteiger partial charge on any atom is 0.257 e. The lowest BCUT2D eigenvalue weighted by Crippen LogP contribution is -2.11. The third-order valence-electron chi connectivity index (χ3n) is 3.57. The van der Waals surface area contributed by atoms with Gasteiger partial charge in [0.2, 0.25) is 0 Å². The van der Waals surface area contributed by atoms with Crippen LogP contribution in [0.1, 0.15) is 10.4 Å². The standard InChI is InChI=1S/C17H13N5OS/c1-22-10-12(7-19-22)13-8-18-9-14-15(13)24-17(20-14)21-16(23)11-5-3-2-4-6-11/h2-10H,1H3,(H,20,21,23). The number of anilines is 1. The van der Waals surface area contributed by atoms with Gasteiger partial charge in [-0.3, -0.25) is 19.8 Å². The van der Waals surface area contributed by atoms with Gasteiger partial charge in [-0.1, -0.05) is 29.5 Å². The molecule has 4 aromatic rings. The first-order valence-electron chi connectivity index (χ1n) is 7.30. The summed E-state index contributed by atoms with van der Waals surface area (Å²) in [4.78, 5) is 21.0. The van der Waals surface area contributed by atoms with Gasteiger partial charge in [0.25, 0.3) is 5.91 Å². The highest BCUT2D eigenvalue weighted by atomic mass is 32.1. The molecule has 0 unspecified atom stereocenters. The van der Waals surface area contributed by atoms with Crippen molar-refractivity contribution in [1.82, 2.24) is 19.7 Å². The second-order valence-corrected chi connectivity index (χ2v) is 6.28. The van der Waals surface area contributed by atoms with E-state index in [2.05, 4.69) is 20.4 Å². The Morgan fingerprint density at radius 3 is 2.75 bits per heavy atom. The maximum atomic E-state index is 12.3. The van der Waals surface area contributed by atoms with Gasteiger partial charge in [0, 0.05) is 36.1 Å². The fourth-order valence-corrected chi connectivity index (χ4v) is 3.40. The maximum absolute atomic E-state index is 12.3. The lowest BCUT2D eigenvalue weighted by molar-refractivity contribution is 0.102. The van der Waals surface area contributed by atoms with E-state index in [9.17, 15) is 4.79 Å². The minimum Gasteiger partial charge on any atom is -0.298 e. The Bertz CT molecular complexity index is 1020. The molecule has 1 aromatic carbocycles. The van der Waals surface area contributed by atoms with Crippen molar-refractivity contribution in [2.45, 2.75) is 0 Å². The summed E-state index contributed by atoms with van der Waals surface area (Å²) in [5.74, 6) is -0.175. The number of nitrogens with one attached hydrogen (secondary N) is 1.